The van der Waals surface area contributed by atoms with Crippen LogP contribution in [-0.4, -0.2) is 34.1 Å². The first-order chi connectivity index (χ1) is 10.1. The van der Waals surface area contributed by atoms with Gasteiger partial charge >= 0.3 is 0 Å². The Morgan fingerprint density at radius 1 is 1.10 bits per heavy atom. The van der Waals surface area contributed by atoms with E-state index < -0.39 is 6.23 Å². The third kappa shape index (κ3) is 8.06. The molecule has 2 unspecified atom stereocenters. The summed E-state index contributed by atoms with van der Waals surface area (Å²) in [6.07, 6.45) is 13.9. The van der Waals surface area contributed by atoms with Crippen molar-refractivity contribution in [3.63, 3.8) is 0 Å². The fourth-order valence-corrected chi connectivity index (χ4v) is 3.15. The standard InChI is InChI=1S/C17H33ClN2O/c1-3-4-5-6-7-8-9-10-11-12-13-17-19-16(18)14-20(17)15(2)21/h15-16,21H,3-14H2,1-2H3. The monoisotopic (exact) mass is 316 g/mol. The van der Waals surface area contributed by atoms with E-state index in [2.05, 4.69) is 11.9 Å². The zero-order chi connectivity index (χ0) is 15.5. The van der Waals surface area contributed by atoms with Crippen molar-refractivity contribution in [1.82, 2.24) is 4.90 Å². The molecule has 1 rings (SSSR count). The minimum atomic E-state index is -0.476. The zero-order valence-electron chi connectivity index (χ0n) is 13.9. The fraction of sp³-hybridized carbons (Fsp3) is 0.941. The number of nitrogens with zero attached hydrogens (tertiary/aromatic N) is 2. The molecule has 1 aliphatic heterocycles. The van der Waals surface area contributed by atoms with Crippen LogP contribution in [0.1, 0.15) is 84.5 Å². The highest BCUT2D eigenvalue weighted by atomic mass is 35.5. The maximum Gasteiger partial charge on any atom is 0.143 e. The second kappa shape index (κ2) is 11.3. The third-order valence-electron chi connectivity index (χ3n) is 4.17. The molecule has 0 aliphatic carbocycles. The minimum absolute atomic E-state index is 0.183. The lowest BCUT2D eigenvalue weighted by Gasteiger charge is -2.23. The second-order valence-electron chi connectivity index (χ2n) is 6.20. The van der Waals surface area contributed by atoms with E-state index in [1.165, 1.54) is 57.8 Å². The molecule has 0 aromatic carbocycles. The molecule has 21 heavy (non-hydrogen) atoms. The van der Waals surface area contributed by atoms with E-state index in [9.17, 15) is 5.11 Å². The summed E-state index contributed by atoms with van der Waals surface area (Å²) in [6.45, 7) is 4.69. The van der Waals surface area contributed by atoms with Crippen molar-refractivity contribution in [2.45, 2.75) is 96.2 Å². The first-order valence-electron chi connectivity index (χ1n) is 8.80. The van der Waals surface area contributed by atoms with E-state index in [-0.39, 0.29) is 5.50 Å². The number of rotatable bonds is 12. The van der Waals surface area contributed by atoms with Gasteiger partial charge in [0.25, 0.3) is 0 Å². The summed E-state index contributed by atoms with van der Waals surface area (Å²) in [6, 6.07) is 0. The smallest absolute Gasteiger partial charge is 0.143 e. The normalized spacial score (nSPS) is 19.9. The highest BCUT2D eigenvalue weighted by molar-refractivity contribution is 6.22. The SMILES string of the molecule is CCCCCCCCCCCCC1=NC(Cl)CN1C(C)O. The Morgan fingerprint density at radius 3 is 2.14 bits per heavy atom. The molecule has 1 N–H and O–H groups in total. The summed E-state index contributed by atoms with van der Waals surface area (Å²) >= 11 is 6.04. The predicted molar refractivity (Wildman–Crippen MR) is 91.9 cm³/mol. The molecule has 0 fully saturated rings. The maximum atomic E-state index is 9.69. The number of aliphatic hydroxyl groups is 1. The lowest BCUT2D eigenvalue weighted by Crippen LogP contribution is -2.36. The van der Waals surface area contributed by atoms with Crippen LogP contribution in [0.4, 0.5) is 0 Å². The molecule has 0 aromatic rings. The van der Waals surface area contributed by atoms with Gasteiger partial charge in [-0.15, -0.1) is 0 Å². The van der Waals surface area contributed by atoms with Crippen LogP contribution < -0.4 is 0 Å². The summed E-state index contributed by atoms with van der Waals surface area (Å²) in [7, 11) is 0. The molecule has 0 saturated carbocycles. The van der Waals surface area contributed by atoms with Crippen LogP contribution in [0.15, 0.2) is 4.99 Å². The molecule has 0 spiro atoms. The van der Waals surface area contributed by atoms with Gasteiger partial charge in [0, 0.05) is 6.42 Å². The predicted octanol–water partition coefficient (Wildman–Crippen LogP) is 4.91. The molecule has 0 saturated heterocycles. The summed E-state index contributed by atoms with van der Waals surface area (Å²) in [5.74, 6) is 0.990. The van der Waals surface area contributed by atoms with E-state index in [0.717, 1.165) is 18.7 Å². The molecule has 2 atom stereocenters. The van der Waals surface area contributed by atoms with Crippen molar-refractivity contribution in [1.29, 1.82) is 0 Å². The lowest BCUT2D eigenvalue weighted by atomic mass is 10.1. The van der Waals surface area contributed by atoms with Gasteiger partial charge in [0.1, 0.15) is 17.6 Å². The van der Waals surface area contributed by atoms with Gasteiger partial charge in [-0.1, -0.05) is 76.3 Å². The van der Waals surface area contributed by atoms with Gasteiger partial charge in [-0.05, 0) is 13.3 Å². The van der Waals surface area contributed by atoms with Crippen LogP contribution in [0.25, 0.3) is 0 Å². The summed E-state index contributed by atoms with van der Waals surface area (Å²) in [4.78, 5) is 6.34. The molecule has 3 nitrogen and oxygen atoms in total. The zero-order valence-corrected chi connectivity index (χ0v) is 14.6. The Bertz CT molecular complexity index is 295. The number of alkyl halides is 1. The molecular weight excluding hydrogens is 284 g/mol. The number of hydrogen-bond acceptors (Lipinski definition) is 3. The van der Waals surface area contributed by atoms with Gasteiger partial charge < -0.3 is 10.0 Å². The largest absolute Gasteiger partial charge is 0.374 e. The Balaban J connectivity index is 1.98. The third-order valence-corrected chi connectivity index (χ3v) is 4.41. The summed E-state index contributed by atoms with van der Waals surface area (Å²) < 4.78 is 0. The summed E-state index contributed by atoms with van der Waals surface area (Å²) in [5.41, 5.74) is -0.183. The first kappa shape index (κ1) is 18.8. The lowest BCUT2D eigenvalue weighted by molar-refractivity contribution is 0.0754. The van der Waals surface area contributed by atoms with Gasteiger partial charge in [-0.3, -0.25) is 4.99 Å². The van der Waals surface area contributed by atoms with Crippen molar-refractivity contribution >= 4 is 17.4 Å². The summed E-state index contributed by atoms with van der Waals surface area (Å²) in [5, 5.41) is 9.69. The maximum absolute atomic E-state index is 9.69. The molecule has 1 aliphatic rings. The van der Waals surface area contributed by atoms with E-state index in [1.54, 1.807) is 6.92 Å². The number of unbranched alkanes of at least 4 members (excludes halogenated alkanes) is 9. The number of halogens is 1. The van der Waals surface area contributed by atoms with Crippen LogP contribution in [0.2, 0.25) is 0 Å². The van der Waals surface area contributed by atoms with Gasteiger partial charge in [0.2, 0.25) is 0 Å². The fourth-order valence-electron chi connectivity index (χ4n) is 2.89. The van der Waals surface area contributed by atoms with Crippen molar-refractivity contribution < 1.29 is 5.11 Å². The highest BCUT2D eigenvalue weighted by Gasteiger charge is 2.25. The van der Waals surface area contributed by atoms with Gasteiger partial charge in [-0.25, -0.2) is 0 Å². The molecule has 124 valence electrons. The Morgan fingerprint density at radius 2 is 1.62 bits per heavy atom. The number of hydrogen-bond donors (Lipinski definition) is 1. The molecule has 0 amide bonds. The van der Waals surface area contributed by atoms with Gasteiger partial charge in [0.05, 0.1) is 6.54 Å². The van der Waals surface area contributed by atoms with E-state index in [0.29, 0.717) is 6.54 Å². The number of aliphatic imine (C=N–C) groups is 1. The van der Waals surface area contributed by atoms with E-state index in [4.69, 9.17) is 11.6 Å². The molecule has 4 heteroatoms. The Kier molecular flexibility index (Phi) is 10.1. The van der Waals surface area contributed by atoms with E-state index >= 15 is 0 Å². The Labute approximate surface area is 135 Å². The Hall–Kier alpha value is -0.280. The highest BCUT2D eigenvalue weighted by Crippen LogP contribution is 2.19. The molecular formula is C17H33ClN2O. The average molecular weight is 317 g/mol. The second-order valence-corrected chi connectivity index (χ2v) is 6.70. The van der Waals surface area contributed by atoms with Crippen LogP contribution in [0.3, 0.4) is 0 Å². The molecule has 1 heterocycles. The van der Waals surface area contributed by atoms with Crippen molar-refractivity contribution in [2.75, 3.05) is 6.54 Å². The van der Waals surface area contributed by atoms with Crippen LogP contribution in [0.5, 0.6) is 0 Å². The van der Waals surface area contributed by atoms with Gasteiger partial charge in [0.15, 0.2) is 0 Å². The van der Waals surface area contributed by atoms with Crippen LogP contribution >= 0.6 is 11.6 Å². The minimum Gasteiger partial charge on any atom is -0.374 e. The molecule has 0 radical (unpaired) electrons. The quantitative estimate of drug-likeness (QED) is 0.315. The first-order valence-corrected chi connectivity index (χ1v) is 9.24. The van der Waals surface area contributed by atoms with Crippen LogP contribution in [0, 0.1) is 0 Å². The van der Waals surface area contributed by atoms with Crippen molar-refractivity contribution in [2.24, 2.45) is 4.99 Å². The molecule has 0 aromatic heterocycles. The van der Waals surface area contributed by atoms with Crippen molar-refractivity contribution in [3.8, 4) is 0 Å². The number of aliphatic hydroxyl groups excluding tert-OH is 1. The molecule has 0 bridgehead atoms. The topological polar surface area (TPSA) is 35.8 Å². The van der Waals surface area contributed by atoms with Crippen molar-refractivity contribution in [3.05, 3.63) is 0 Å². The average Bonchev–Trinajstić information content (AvgIpc) is 2.82. The number of amidine groups is 1. The van der Waals surface area contributed by atoms with E-state index in [1.807, 2.05) is 4.90 Å². The van der Waals surface area contributed by atoms with Gasteiger partial charge in [-0.2, -0.15) is 0 Å². The van der Waals surface area contributed by atoms with Crippen LogP contribution in [-0.2, 0) is 0 Å².